The number of amides is 2. The molecule has 1 N–H and O–H groups in total. The minimum Gasteiger partial charge on any atom is -0.352 e. The summed E-state index contributed by atoms with van der Waals surface area (Å²) in [6, 6.07) is 16.0. The first kappa shape index (κ1) is 23.7. The van der Waals surface area contributed by atoms with Gasteiger partial charge in [0.25, 0.3) is 0 Å². The highest BCUT2D eigenvalue weighted by atomic mass is 16.2. The van der Waals surface area contributed by atoms with Gasteiger partial charge in [0.1, 0.15) is 6.04 Å². The molecular weight excluding hydrogens is 372 g/mol. The molecule has 0 radical (unpaired) electrons. The molecule has 2 aromatic rings. The van der Waals surface area contributed by atoms with Crippen molar-refractivity contribution in [3.05, 3.63) is 70.8 Å². The molecule has 0 spiro atoms. The lowest BCUT2D eigenvalue weighted by molar-refractivity contribution is -0.140. The highest BCUT2D eigenvalue weighted by Crippen LogP contribution is 2.16. The zero-order chi connectivity index (χ0) is 22.1. The lowest BCUT2D eigenvalue weighted by Crippen LogP contribution is -2.49. The lowest BCUT2D eigenvalue weighted by atomic mass is 10.0. The second-order valence-electron chi connectivity index (χ2n) is 8.11. The number of benzene rings is 2. The first-order chi connectivity index (χ1) is 14.3. The van der Waals surface area contributed by atoms with Gasteiger partial charge in [0.05, 0.1) is 0 Å². The second-order valence-corrected chi connectivity index (χ2v) is 8.11. The molecule has 2 amide bonds. The standard InChI is InChI=1S/C26H36N2O2/c1-6-20(4)27-26(30)21(5)28(18-24-11-9-8-10-19(24)3)25(29)17-16-23-14-12-22(7-2)13-15-23/h8-15,20-21H,6-7,16-18H2,1-5H3,(H,27,30)/t20-,21+/m1/s1. The Balaban J connectivity index is 2.14. The largest absolute Gasteiger partial charge is 0.352 e. The van der Waals surface area contributed by atoms with E-state index in [-0.39, 0.29) is 17.9 Å². The first-order valence-electron chi connectivity index (χ1n) is 11.1. The third-order valence-corrected chi connectivity index (χ3v) is 5.83. The van der Waals surface area contributed by atoms with Gasteiger partial charge in [-0.15, -0.1) is 0 Å². The smallest absolute Gasteiger partial charge is 0.242 e. The molecule has 2 rings (SSSR count). The van der Waals surface area contributed by atoms with E-state index >= 15 is 0 Å². The topological polar surface area (TPSA) is 49.4 Å². The quantitative estimate of drug-likeness (QED) is 0.613. The van der Waals surface area contributed by atoms with Gasteiger partial charge >= 0.3 is 0 Å². The summed E-state index contributed by atoms with van der Waals surface area (Å²) in [6.45, 7) is 10.5. The summed E-state index contributed by atoms with van der Waals surface area (Å²) in [7, 11) is 0. The maximum atomic E-state index is 13.2. The minimum absolute atomic E-state index is 0.00428. The van der Waals surface area contributed by atoms with E-state index in [1.165, 1.54) is 5.56 Å². The van der Waals surface area contributed by atoms with Crippen molar-refractivity contribution >= 4 is 11.8 Å². The SMILES string of the molecule is CCc1ccc(CCC(=O)N(Cc2ccccc2C)[C@@H](C)C(=O)N[C@H](C)CC)cc1. The van der Waals surface area contributed by atoms with E-state index in [9.17, 15) is 9.59 Å². The van der Waals surface area contributed by atoms with Crippen LogP contribution in [0.4, 0.5) is 0 Å². The molecule has 0 bridgehead atoms. The number of nitrogens with one attached hydrogen (secondary N) is 1. The van der Waals surface area contributed by atoms with Crippen molar-refractivity contribution in [2.75, 3.05) is 0 Å². The van der Waals surface area contributed by atoms with Crippen LogP contribution in [0.25, 0.3) is 0 Å². The normalized spacial score (nSPS) is 12.8. The van der Waals surface area contributed by atoms with Gasteiger partial charge in [-0.3, -0.25) is 9.59 Å². The Labute approximate surface area is 181 Å². The van der Waals surface area contributed by atoms with E-state index in [1.807, 2.05) is 52.0 Å². The lowest BCUT2D eigenvalue weighted by Gasteiger charge is -2.30. The number of hydrogen-bond donors (Lipinski definition) is 1. The summed E-state index contributed by atoms with van der Waals surface area (Å²) < 4.78 is 0. The number of aryl methyl sites for hydroxylation is 3. The van der Waals surface area contributed by atoms with Gasteiger partial charge in [-0.2, -0.15) is 0 Å². The average Bonchev–Trinajstić information content (AvgIpc) is 2.76. The molecule has 4 nitrogen and oxygen atoms in total. The Hall–Kier alpha value is -2.62. The van der Waals surface area contributed by atoms with Crippen molar-refractivity contribution < 1.29 is 9.59 Å². The molecule has 2 aromatic carbocycles. The fourth-order valence-electron chi connectivity index (χ4n) is 3.36. The summed E-state index contributed by atoms with van der Waals surface area (Å²) in [5, 5.41) is 3.02. The molecule has 0 heterocycles. The fraction of sp³-hybridized carbons (Fsp3) is 0.462. The Morgan fingerprint density at radius 2 is 1.60 bits per heavy atom. The van der Waals surface area contributed by atoms with E-state index in [4.69, 9.17) is 0 Å². The highest BCUT2D eigenvalue weighted by Gasteiger charge is 2.26. The van der Waals surface area contributed by atoms with E-state index < -0.39 is 6.04 Å². The Morgan fingerprint density at radius 3 is 2.20 bits per heavy atom. The van der Waals surface area contributed by atoms with Crippen LogP contribution in [-0.4, -0.2) is 28.8 Å². The van der Waals surface area contributed by atoms with Crippen molar-refractivity contribution in [2.45, 2.75) is 78.9 Å². The number of carbonyl (C=O) groups excluding carboxylic acids is 2. The maximum absolute atomic E-state index is 13.2. The van der Waals surface area contributed by atoms with E-state index in [1.54, 1.807) is 4.90 Å². The molecule has 30 heavy (non-hydrogen) atoms. The van der Waals surface area contributed by atoms with Crippen LogP contribution in [0.1, 0.15) is 62.8 Å². The predicted octanol–water partition coefficient (Wildman–Crippen LogP) is 4.82. The van der Waals surface area contributed by atoms with Crippen LogP contribution in [0.2, 0.25) is 0 Å². The molecule has 0 aliphatic carbocycles. The molecule has 0 unspecified atom stereocenters. The maximum Gasteiger partial charge on any atom is 0.242 e. The Bertz CT molecular complexity index is 829. The van der Waals surface area contributed by atoms with Crippen molar-refractivity contribution in [1.82, 2.24) is 10.2 Å². The third-order valence-electron chi connectivity index (χ3n) is 5.83. The van der Waals surface area contributed by atoms with E-state index in [2.05, 4.69) is 36.5 Å². The monoisotopic (exact) mass is 408 g/mol. The van der Waals surface area contributed by atoms with Crippen molar-refractivity contribution in [3.63, 3.8) is 0 Å². The number of rotatable bonds is 10. The zero-order valence-corrected chi connectivity index (χ0v) is 19.1. The third kappa shape index (κ3) is 6.72. The molecule has 0 saturated heterocycles. The molecule has 0 aliphatic rings. The second kappa shape index (κ2) is 11.5. The molecule has 0 fully saturated rings. The van der Waals surface area contributed by atoms with Gasteiger partial charge in [0.15, 0.2) is 0 Å². The van der Waals surface area contributed by atoms with Crippen LogP contribution in [0.5, 0.6) is 0 Å². The van der Waals surface area contributed by atoms with Crippen LogP contribution in [0, 0.1) is 6.92 Å². The van der Waals surface area contributed by atoms with Crippen molar-refractivity contribution in [1.29, 1.82) is 0 Å². The summed E-state index contributed by atoms with van der Waals surface area (Å²) >= 11 is 0. The van der Waals surface area contributed by atoms with Gasteiger partial charge in [-0.25, -0.2) is 0 Å². The molecule has 0 aromatic heterocycles. The Kier molecular flexibility index (Phi) is 9.10. The molecule has 2 atom stereocenters. The summed E-state index contributed by atoms with van der Waals surface area (Å²) in [5.41, 5.74) is 4.64. The average molecular weight is 409 g/mol. The van der Waals surface area contributed by atoms with E-state index in [0.29, 0.717) is 19.4 Å². The zero-order valence-electron chi connectivity index (χ0n) is 19.1. The van der Waals surface area contributed by atoms with Crippen molar-refractivity contribution in [3.8, 4) is 0 Å². The summed E-state index contributed by atoms with van der Waals surface area (Å²) in [5.74, 6) is -0.0943. The van der Waals surface area contributed by atoms with Crippen LogP contribution >= 0.6 is 0 Å². The van der Waals surface area contributed by atoms with Crippen molar-refractivity contribution in [2.24, 2.45) is 0 Å². The van der Waals surface area contributed by atoms with Gasteiger partial charge in [0.2, 0.25) is 11.8 Å². The van der Waals surface area contributed by atoms with Gasteiger partial charge < -0.3 is 10.2 Å². The molecular formula is C26H36N2O2. The number of hydrogen-bond acceptors (Lipinski definition) is 2. The predicted molar refractivity (Wildman–Crippen MR) is 123 cm³/mol. The molecule has 162 valence electrons. The number of nitrogens with zero attached hydrogens (tertiary/aromatic N) is 1. The number of carbonyl (C=O) groups is 2. The first-order valence-corrected chi connectivity index (χ1v) is 11.1. The van der Waals surface area contributed by atoms with Crippen LogP contribution in [-0.2, 0) is 29.0 Å². The van der Waals surface area contributed by atoms with Gasteiger partial charge in [0, 0.05) is 19.0 Å². The van der Waals surface area contributed by atoms with Gasteiger partial charge in [-0.05, 0) is 62.3 Å². The Morgan fingerprint density at radius 1 is 0.967 bits per heavy atom. The van der Waals surface area contributed by atoms with Gasteiger partial charge in [-0.1, -0.05) is 62.4 Å². The van der Waals surface area contributed by atoms with Crippen LogP contribution < -0.4 is 5.32 Å². The molecule has 4 heteroatoms. The molecule has 0 aliphatic heterocycles. The van der Waals surface area contributed by atoms with Crippen LogP contribution in [0.15, 0.2) is 48.5 Å². The molecule has 0 saturated carbocycles. The summed E-state index contributed by atoms with van der Waals surface area (Å²) in [6.07, 6.45) is 2.93. The van der Waals surface area contributed by atoms with Crippen LogP contribution in [0.3, 0.4) is 0 Å². The minimum atomic E-state index is -0.520. The summed E-state index contributed by atoms with van der Waals surface area (Å²) in [4.78, 5) is 27.7. The highest BCUT2D eigenvalue weighted by molar-refractivity contribution is 5.87. The fourth-order valence-corrected chi connectivity index (χ4v) is 3.36. The van der Waals surface area contributed by atoms with E-state index in [0.717, 1.165) is 29.5 Å².